The molecule has 1 fully saturated rings. The lowest BCUT2D eigenvalue weighted by Crippen LogP contribution is -2.44. The molecule has 0 saturated carbocycles. The second-order valence-electron chi connectivity index (χ2n) is 5.09. The SMILES string of the molecule is Cc1cc(C(=O)O)ccc1NC(=O)N1CCC(N)CC1. The molecular weight excluding hydrogens is 258 g/mol. The number of hydrogen-bond acceptors (Lipinski definition) is 3. The second kappa shape index (κ2) is 5.92. The van der Waals surface area contributed by atoms with Crippen molar-refractivity contribution in [3.8, 4) is 0 Å². The molecule has 2 rings (SSSR count). The molecule has 1 aliphatic heterocycles. The standard InChI is InChI=1S/C14H19N3O3/c1-9-8-10(13(18)19)2-3-12(9)16-14(20)17-6-4-11(15)5-7-17/h2-3,8,11H,4-7,15H2,1H3,(H,16,20)(H,18,19). The number of benzene rings is 1. The number of urea groups is 1. The van der Waals surface area contributed by atoms with Gasteiger partial charge in [0.25, 0.3) is 0 Å². The van der Waals surface area contributed by atoms with Crippen molar-refractivity contribution in [3.05, 3.63) is 29.3 Å². The van der Waals surface area contributed by atoms with Crippen LogP contribution in [0.25, 0.3) is 0 Å². The third-order valence-electron chi connectivity index (χ3n) is 3.54. The number of aryl methyl sites for hydroxylation is 1. The highest BCUT2D eigenvalue weighted by Crippen LogP contribution is 2.18. The Morgan fingerprint density at radius 2 is 2.00 bits per heavy atom. The Morgan fingerprint density at radius 3 is 2.55 bits per heavy atom. The topological polar surface area (TPSA) is 95.7 Å². The number of nitrogens with two attached hydrogens (primary N) is 1. The Balaban J connectivity index is 2.02. The summed E-state index contributed by atoms with van der Waals surface area (Å²) in [5.74, 6) is -0.976. The molecule has 6 heteroatoms. The Kier molecular flexibility index (Phi) is 4.24. The highest BCUT2D eigenvalue weighted by atomic mass is 16.4. The van der Waals surface area contributed by atoms with Crippen molar-refractivity contribution in [2.75, 3.05) is 18.4 Å². The highest BCUT2D eigenvalue weighted by molar-refractivity contribution is 5.92. The van der Waals surface area contributed by atoms with Crippen LogP contribution in [0.3, 0.4) is 0 Å². The predicted molar refractivity (Wildman–Crippen MR) is 75.9 cm³/mol. The van der Waals surface area contributed by atoms with Crippen LogP contribution in [0, 0.1) is 6.92 Å². The van der Waals surface area contributed by atoms with Crippen molar-refractivity contribution in [2.45, 2.75) is 25.8 Å². The molecule has 0 aromatic heterocycles. The van der Waals surface area contributed by atoms with Crippen LogP contribution in [0.5, 0.6) is 0 Å². The summed E-state index contributed by atoms with van der Waals surface area (Å²) in [6.07, 6.45) is 1.62. The van der Waals surface area contributed by atoms with Crippen LogP contribution in [0.15, 0.2) is 18.2 Å². The summed E-state index contributed by atoms with van der Waals surface area (Å²) < 4.78 is 0. The van der Waals surface area contributed by atoms with Gasteiger partial charge < -0.3 is 21.1 Å². The van der Waals surface area contributed by atoms with E-state index in [2.05, 4.69) is 5.32 Å². The van der Waals surface area contributed by atoms with Gasteiger partial charge in [-0.25, -0.2) is 9.59 Å². The summed E-state index contributed by atoms with van der Waals surface area (Å²) in [6, 6.07) is 4.66. The maximum absolute atomic E-state index is 12.1. The number of carboxylic acids is 1. The number of likely N-dealkylation sites (tertiary alicyclic amines) is 1. The first-order valence-electron chi connectivity index (χ1n) is 6.63. The van der Waals surface area contributed by atoms with Crippen molar-refractivity contribution >= 4 is 17.7 Å². The Labute approximate surface area is 117 Å². The zero-order valence-corrected chi connectivity index (χ0v) is 11.4. The average molecular weight is 277 g/mol. The molecule has 0 bridgehead atoms. The Bertz CT molecular complexity index is 522. The molecule has 0 radical (unpaired) electrons. The van der Waals surface area contributed by atoms with Gasteiger partial charge in [0.05, 0.1) is 5.56 Å². The molecule has 0 spiro atoms. The number of aromatic carboxylic acids is 1. The fourth-order valence-corrected chi connectivity index (χ4v) is 2.23. The molecular formula is C14H19N3O3. The van der Waals surface area contributed by atoms with E-state index in [4.69, 9.17) is 10.8 Å². The van der Waals surface area contributed by atoms with E-state index in [1.165, 1.54) is 6.07 Å². The van der Waals surface area contributed by atoms with Gasteiger partial charge >= 0.3 is 12.0 Å². The van der Waals surface area contributed by atoms with Crippen LogP contribution in [0.2, 0.25) is 0 Å². The van der Waals surface area contributed by atoms with E-state index in [0.29, 0.717) is 18.8 Å². The summed E-state index contributed by atoms with van der Waals surface area (Å²) in [5.41, 5.74) is 7.38. The van der Waals surface area contributed by atoms with Crippen LogP contribution < -0.4 is 11.1 Å². The van der Waals surface area contributed by atoms with E-state index in [0.717, 1.165) is 18.4 Å². The molecule has 1 aromatic carbocycles. The van der Waals surface area contributed by atoms with Gasteiger partial charge in [0, 0.05) is 24.8 Å². The number of piperidine rings is 1. The molecule has 1 saturated heterocycles. The fourth-order valence-electron chi connectivity index (χ4n) is 2.23. The fraction of sp³-hybridized carbons (Fsp3) is 0.429. The van der Waals surface area contributed by atoms with Gasteiger partial charge in [-0.15, -0.1) is 0 Å². The van der Waals surface area contributed by atoms with Crippen molar-refractivity contribution in [3.63, 3.8) is 0 Å². The van der Waals surface area contributed by atoms with Crippen molar-refractivity contribution in [1.82, 2.24) is 4.90 Å². The maximum Gasteiger partial charge on any atom is 0.335 e. The van der Waals surface area contributed by atoms with Gasteiger partial charge in [0.1, 0.15) is 0 Å². The molecule has 0 unspecified atom stereocenters. The number of rotatable bonds is 2. The lowest BCUT2D eigenvalue weighted by molar-refractivity contribution is 0.0697. The van der Waals surface area contributed by atoms with Gasteiger partial charge in [-0.2, -0.15) is 0 Å². The van der Waals surface area contributed by atoms with E-state index < -0.39 is 5.97 Å². The van der Waals surface area contributed by atoms with Crippen LogP contribution >= 0.6 is 0 Å². The quantitative estimate of drug-likeness (QED) is 0.765. The van der Waals surface area contributed by atoms with E-state index in [9.17, 15) is 9.59 Å². The van der Waals surface area contributed by atoms with Gasteiger partial charge in [0.2, 0.25) is 0 Å². The summed E-state index contributed by atoms with van der Waals surface area (Å²) in [6.45, 7) is 3.08. The zero-order chi connectivity index (χ0) is 14.7. The molecule has 4 N–H and O–H groups in total. The van der Waals surface area contributed by atoms with Crippen molar-refractivity contribution < 1.29 is 14.7 Å². The third-order valence-corrected chi connectivity index (χ3v) is 3.54. The van der Waals surface area contributed by atoms with Crippen LogP contribution in [-0.2, 0) is 0 Å². The number of carboxylic acid groups (broad SMARTS) is 1. The zero-order valence-electron chi connectivity index (χ0n) is 11.4. The van der Waals surface area contributed by atoms with Crippen LogP contribution in [0.4, 0.5) is 10.5 Å². The maximum atomic E-state index is 12.1. The largest absolute Gasteiger partial charge is 0.478 e. The molecule has 0 atom stereocenters. The predicted octanol–water partition coefficient (Wildman–Crippen LogP) is 1.65. The van der Waals surface area contributed by atoms with Gasteiger partial charge in [0.15, 0.2) is 0 Å². The first kappa shape index (κ1) is 14.3. The lowest BCUT2D eigenvalue weighted by atomic mass is 10.1. The molecule has 0 aliphatic carbocycles. The van der Waals surface area contributed by atoms with Crippen molar-refractivity contribution in [2.24, 2.45) is 5.73 Å². The van der Waals surface area contributed by atoms with E-state index >= 15 is 0 Å². The minimum absolute atomic E-state index is 0.164. The second-order valence-corrected chi connectivity index (χ2v) is 5.09. The number of nitrogens with zero attached hydrogens (tertiary/aromatic N) is 1. The van der Waals surface area contributed by atoms with Gasteiger partial charge in [-0.05, 0) is 43.5 Å². The first-order valence-corrected chi connectivity index (χ1v) is 6.63. The Hall–Kier alpha value is -2.08. The van der Waals surface area contributed by atoms with E-state index in [1.807, 2.05) is 0 Å². The molecule has 1 aromatic rings. The van der Waals surface area contributed by atoms with Gasteiger partial charge in [-0.3, -0.25) is 0 Å². The normalized spacial score (nSPS) is 16.0. The number of carbonyl (C=O) groups is 2. The van der Waals surface area contributed by atoms with Crippen LogP contribution in [-0.4, -0.2) is 41.1 Å². The van der Waals surface area contributed by atoms with Gasteiger partial charge in [-0.1, -0.05) is 0 Å². The highest BCUT2D eigenvalue weighted by Gasteiger charge is 2.20. The van der Waals surface area contributed by atoms with E-state index in [1.54, 1.807) is 24.0 Å². The molecule has 20 heavy (non-hydrogen) atoms. The smallest absolute Gasteiger partial charge is 0.335 e. The van der Waals surface area contributed by atoms with E-state index in [-0.39, 0.29) is 17.6 Å². The number of carbonyl (C=O) groups excluding carboxylic acids is 1. The molecule has 1 heterocycles. The summed E-state index contributed by atoms with van der Waals surface area (Å²) in [5, 5.41) is 11.7. The molecule has 1 aliphatic rings. The lowest BCUT2D eigenvalue weighted by Gasteiger charge is -2.30. The minimum Gasteiger partial charge on any atom is -0.478 e. The summed E-state index contributed by atoms with van der Waals surface area (Å²) in [4.78, 5) is 24.7. The number of amides is 2. The molecule has 6 nitrogen and oxygen atoms in total. The van der Waals surface area contributed by atoms with Crippen molar-refractivity contribution in [1.29, 1.82) is 0 Å². The number of hydrogen-bond donors (Lipinski definition) is 3. The summed E-state index contributed by atoms with van der Waals surface area (Å²) >= 11 is 0. The Morgan fingerprint density at radius 1 is 1.35 bits per heavy atom. The summed E-state index contributed by atoms with van der Waals surface area (Å²) in [7, 11) is 0. The average Bonchev–Trinajstić information content (AvgIpc) is 2.41. The minimum atomic E-state index is -0.976. The molecule has 108 valence electrons. The number of anilines is 1. The molecule has 2 amide bonds. The first-order chi connectivity index (χ1) is 9.47. The number of nitrogens with one attached hydrogen (secondary N) is 1. The van der Waals surface area contributed by atoms with Crippen LogP contribution in [0.1, 0.15) is 28.8 Å². The third kappa shape index (κ3) is 3.27. The monoisotopic (exact) mass is 277 g/mol.